The van der Waals surface area contributed by atoms with Gasteiger partial charge in [-0.2, -0.15) is 0 Å². The third-order valence-electron chi connectivity index (χ3n) is 6.39. The molecule has 1 aliphatic rings. The molecule has 0 N–H and O–H groups in total. The monoisotopic (exact) mass is 521 g/mol. The highest BCUT2D eigenvalue weighted by molar-refractivity contribution is 7.92. The van der Waals surface area contributed by atoms with Crippen molar-refractivity contribution in [3.63, 3.8) is 0 Å². The smallest absolute Gasteiger partial charge is 0.264 e. The van der Waals surface area contributed by atoms with Crippen molar-refractivity contribution in [1.82, 2.24) is 4.90 Å². The van der Waals surface area contributed by atoms with Gasteiger partial charge in [0.15, 0.2) is 0 Å². The number of rotatable bonds is 8. The third kappa shape index (κ3) is 5.89. The van der Waals surface area contributed by atoms with Gasteiger partial charge in [0, 0.05) is 39.3 Å². The van der Waals surface area contributed by atoms with Crippen molar-refractivity contribution in [1.29, 1.82) is 0 Å². The molecular weight excluding hydrogens is 490 g/mol. The van der Waals surface area contributed by atoms with E-state index in [2.05, 4.69) is 4.90 Å². The summed E-state index contributed by atoms with van der Waals surface area (Å²) in [5.41, 5.74) is 2.17. The maximum absolute atomic E-state index is 13.4. The van der Waals surface area contributed by atoms with Crippen molar-refractivity contribution in [2.24, 2.45) is 0 Å². The molecule has 4 rings (SSSR count). The molecule has 1 fully saturated rings. The van der Waals surface area contributed by atoms with E-state index in [0.717, 1.165) is 5.56 Å². The summed E-state index contributed by atoms with van der Waals surface area (Å²) in [6.45, 7) is 2.14. The number of nitrogens with zero attached hydrogens (tertiary/aromatic N) is 3. The van der Waals surface area contributed by atoms with Crippen molar-refractivity contribution in [2.45, 2.75) is 4.90 Å². The molecular formula is C28H31N3O5S. The normalized spacial score (nSPS) is 14.0. The predicted octanol–water partition coefficient (Wildman–Crippen LogP) is 3.89. The fraction of sp³-hybridized carbons (Fsp3) is 0.250. The lowest BCUT2D eigenvalue weighted by Crippen LogP contribution is -2.48. The number of sulfonamides is 1. The highest BCUT2D eigenvalue weighted by Crippen LogP contribution is 2.33. The van der Waals surface area contributed by atoms with Crippen LogP contribution >= 0.6 is 0 Å². The summed E-state index contributed by atoms with van der Waals surface area (Å²) in [5.74, 6) is 1.18. The van der Waals surface area contributed by atoms with Gasteiger partial charge in [-0.3, -0.25) is 9.10 Å². The number of carbonyl (C=O) groups excluding carboxylic acids is 1. The van der Waals surface area contributed by atoms with Crippen LogP contribution in [0, 0.1) is 0 Å². The van der Waals surface area contributed by atoms with Crippen molar-refractivity contribution in [3.05, 3.63) is 84.4 Å². The number of benzene rings is 3. The summed E-state index contributed by atoms with van der Waals surface area (Å²) in [6.07, 6.45) is 3.40. The van der Waals surface area contributed by atoms with Gasteiger partial charge in [0.05, 0.1) is 30.5 Å². The third-order valence-corrected chi connectivity index (χ3v) is 8.18. The van der Waals surface area contributed by atoms with Crippen molar-refractivity contribution in [2.75, 3.05) is 56.7 Å². The minimum absolute atomic E-state index is 0.0482. The summed E-state index contributed by atoms with van der Waals surface area (Å²) in [7, 11) is 0.824. The van der Waals surface area contributed by atoms with Crippen LogP contribution in [-0.4, -0.2) is 66.7 Å². The number of methoxy groups -OCH3 is 2. The maximum atomic E-state index is 13.4. The van der Waals surface area contributed by atoms with Crippen LogP contribution in [0.4, 0.5) is 11.4 Å². The van der Waals surface area contributed by atoms with Crippen LogP contribution in [0.3, 0.4) is 0 Å². The van der Waals surface area contributed by atoms with Crippen LogP contribution in [0.2, 0.25) is 0 Å². The van der Waals surface area contributed by atoms with E-state index in [1.807, 2.05) is 36.4 Å². The summed E-state index contributed by atoms with van der Waals surface area (Å²) in [4.78, 5) is 16.7. The van der Waals surface area contributed by atoms with Gasteiger partial charge in [-0.05, 0) is 54.1 Å². The minimum atomic E-state index is -3.82. The molecule has 1 aliphatic heterocycles. The van der Waals surface area contributed by atoms with Crippen molar-refractivity contribution in [3.8, 4) is 11.5 Å². The second-order valence-corrected chi connectivity index (χ2v) is 10.5. The maximum Gasteiger partial charge on any atom is 0.264 e. The Morgan fingerprint density at radius 1 is 0.892 bits per heavy atom. The fourth-order valence-corrected chi connectivity index (χ4v) is 5.39. The molecule has 3 aromatic carbocycles. The quantitative estimate of drug-likeness (QED) is 0.419. The number of piperazine rings is 1. The first-order chi connectivity index (χ1) is 17.8. The minimum Gasteiger partial charge on any atom is -0.497 e. The summed E-state index contributed by atoms with van der Waals surface area (Å²) in [5, 5.41) is 0. The van der Waals surface area contributed by atoms with E-state index in [-0.39, 0.29) is 10.8 Å². The first kappa shape index (κ1) is 26.1. The molecule has 1 amide bonds. The molecule has 1 saturated heterocycles. The highest BCUT2D eigenvalue weighted by Gasteiger charge is 2.26. The molecule has 0 saturated carbocycles. The van der Waals surface area contributed by atoms with Crippen LogP contribution in [0.5, 0.6) is 11.5 Å². The fourth-order valence-electron chi connectivity index (χ4n) is 4.17. The van der Waals surface area contributed by atoms with E-state index < -0.39 is 10.0 Å². The van der Waals surface area contributed by atoms with Crippen molar-refractivity contribution < 1.29 is 22.7 Å². The molecule has 37 heavy (non-hydrogen) atoms. The van der Waals surface area contributed by atoms with E-state index in [1.54, 1.807) is 67.7 Å². The summed E-state index contributed by atoms with van der Waals surface area (Å²) < 4.78 is 38.8. The average molecular weight is 522 g/mol. The Balaban J connectivity index is 1.49. The van der Waals surface area contributed by atoms with E-state index in [9.17, 15) is 13.2 Å². The van der Waals surface area contributed by atoms with Gasteiger partial charge in [-0.25, -0.2) is 8.42 Å². The molecule has 194 valence electrons. The predicted molar refractivity (Wildman–Crippen MR) is 146 cm³/mol. The van der Waals surface area contributed by atoms with Gasteiger partial charge in [0.2, 0.25) is 5.91 Å². The number of hydrogen-bond donors (Lipinski definition) is 0. The van der Waals surface area contributed by atoms with Crippen LogP contribution in [0.15, 0.2) is 83.8 Å². The van der Waals surface area contributed by atoms with Crippen LogP contribution < -0.4 is 18.7 Å². The molecule has 0 unspecified atom stereocenters. The molecule has 3 aromatic rings. The van der Waals surface area contributed by atoms with Gasteiger partial charge in [0.1, 0.15) is 11.5 Å². The number of carbonyl (C=O) groups is 1. The molecule has 0 spiro atoms. The van der Waals surface area contributed by atoms with E-state index in [4.69, 9.17) is 9.47 Å². The van der Waals surface area contributed by atoms with E-state index >= 15 is 0 Å². The lowest BCUT2D eigenvalue weighted by Gasteiger charge is -2.36. The number of hydrogen-bond acceptors (Lipinski definition) is 6. The molecule has 0 radical (unpaired) electrons. The van der Waals surface area contributed by atoms with Crippen LogP contribution in [0.1, 0.15) is 5.56 Å². The number of amides is 1. The SMILES string of the molecule is COc1ccc(N(C)S(=O)(=O)c2ccc(OC)c(N3CCN(C(=O)/C=C/c4ccccc4)CC3)c2)cc1. The topological polar surface area (TPSA) is 79.4 Å². The molecule has 0 bridgehead atoms. The van der Waals surface area contributed by atoms with E-state index in [0.29, 0.717) is 49.1 Å². The Hall–Kier alpha value is -3.98. The van der Waals surface area contributed by atoms with Gasteiger partial charge < -0.3 is 19.3 Å². The molecule has 0 atom stereocenters. The number of anilines is 2. The second-order valence-electron chi connectivity index (χ2n) is 8.56. The Morgan fingerprint density at radius 2 is 1.57 bits per heavy atom. The Kier molecular flexibility index (Phi) is 8.03. The Labute approximate surface area is 218 Å². The summed E-state index contributed by atoms with van der Waals surface area (Å²) >= 11 is 0. The Bertz CT molecular complexity index is 1350. The van der Waals surface area contributed by atoms with Crippen LogP contribution in [0.25, 0.3) is 6.08 Å². The first-order valence-electron chi connectivity index (χ1n) is 11.9. The largest absolute Gasteiger partial charge is 0.497 e. The van der Waals surface area contributed by atoms with Crippen LogP contribution in [-0.2, 0) is 14.8 Å². The summed E-state index contributed by atoms with van der Waals surface area (Å²) in [6, 6.07) is 21.4. The van der Waals surface area contributed by atoms with Gasteiger partial charge in [-0.15, -0.1) is 0 Å². The molecule has 8 nitrogen and oxygen atoms in total. The lowest BCUT2D eigenvalue weighted by molar-refractivity contribution is -0.126. The first-order valence-corrected chi connectivity index (χ1v) is 13.4. The average Bonchev–Trinajstić information content (AvgIpc) is 2.95. The molecule has 1 heterocycles. The van der Waals surface area contributed by atoms with Gasteiger partial charge >= 0.3 is 0 Å². The second kappa shape index (κ2) is 11.4. The Morgan fingerprint density at radius 3 is 2.19 bits per heavy atom. The zero-order valence-electron chi connectivity index (χ0n) is 21.2. The zero-order chi connectivity index (χ0) is 26.4. The van der Waals surface area contributed by atoms with Gasteiger partial charge in [0.25, 0.3) is 10.0 Å². The molecule has 9 heteroatoms. The molecule has 0 aliphatic carbocycles. The van der Waals surface area contributed by atoms with E-state index in [1.165, 1.54) is 11.4 Å². The molecule has 0 aromatic heterocycles. The van der Waals surface area contributed by atoms with Crippen molar-refractivity contribution >= 4 is 33.4 Å². The standard InChI is InChI=1S/C28H31N3O5S/c1-29(23-10-12-24(35-2)13-11-23)37(33,34)25-14-15-27(36-3)26(21-25)30-17-19-31(20-18-30)28(32)16-9-22-7-5-4-6-8-22/h4-16,21H,17-20H2,1-3H3/b16-9+. The van der Waals surface area contributed by atoms with Gasteiger partial charge in [-0.1, -0.05) is 30.3 Å². The zero-order valence-corrected chi connectivity index (χ0v) is 22.0. The highest BCUT2D eigenvalue weighted by atomic mass is 32.2. The lowest BCUT2D eigenvalue weighted by atomic mass is 10.2. The number of ether oxygens (including phenoxy) is 2.